The van der Waals surface area contributed by atoms with Gasteiger partial charge in [-0.2, -0.15) is 0 Å². The van der Waals surface area contributed by atoms with Crippen molar-refractivity contribution < 1.29 is 19.6 Å². The van der Waals surface area contributed by atoms with Crippen LogP contribution in [0, 0.1) is 17.0 Å². The van der Waals surface area contributed by atoms with Crippen molar-refractivity contribution in [1.82, 2.24) is 4.98 Å². The van der Waals surface area contributed by atoms with E-state index >= 15 is 0 Å². The van der Waals surface area contributed by atoms with Crippen LogP contribution in [-0.2, 0) is 11.2 Å². The molecule has 1 aromatic carbocycles. The van der Waals surface area contributed by atoms with Crippen molar-refractivity contribution in [3.05, 3.63) is 57.8 Å². The van der Waals surface area contributed by atoms with E-state index in [9.17, 15) is 14.9 Å². The molecule has 2 rings (SSSR count). The fourth-order valence-corrected chi connectivity index (χ4v) is 1.83. The molecule has 7 nitrogen and oxygen atoms in total. The molecule has 0 amide bonds. The van der Waals surface area contributed by atoms with Crippen LogP contribution in [0.5, 0.6) is 11.6 Å². The number of rotatable bonds is 5. The maximum absolute atomic E-state index is 11.1. The number of nitrogens with zero attached hydrogens (tertiary/aromatic N) is 2. The van der Waals surface area contributed by atoms with Crippen molar-refractivity contribution in [2.75, 3.05) is 0 Å². The average Bonchev–Trinajstić information content (AvgIpc) is 2.37. The normalized spacial score (nSPS) is 10.1. The van der Waals surface area contributed by atoms with E-state index in [4.69, 9.17) is 9.84 Å². The quantitative estimate of drug-likeness (QED) is 0.670. The number of aromatic nitrogens is 1. The number of carboxylic acid groups (broad SMARTS) is 1. The van der Waals surface area contributed by atoms with Gasteiger partial charge in [-0.3, -0.25) is 14.9 Å². The van der Waals surface area contributed by atoms with Gasteiger partial charge in [0.25, 0.3) is 5.88 Å². The standard InChI is InChI=1S/C14H12N2O5/c1-9-5-6-15-14(13(9)16(19)20)21-11-4-2-3-10(7-11)8-12(17)18/h2-7H,8H2,1H3,(H,17,18). The van der Waals surface area contributed by atoms with Gasteiger partial charge < -0.3 is 9.84 Å². The minimum Gasteiger partial charge on any atom is -0.481 e. The van der Waals surface area contributed by atoms with E-state index in [1.165, 1.54) is 18.3 Å². The van der Waals surface area contributed by atoms with Crippen molar-refractivity contribution in [2.45, 2.75) is 13.3 Å². The molecule has 0 radical (unpaired) electrons. The lowest BCUT2D eigenvalue weighted by Gasteiger charge is -2.07. The van der Waals surface area contributed by atoms with E-state index in [-0.39, 0.29) is 18.0 Å². The molecule has 108 valence electrons. The highest BCUT2D eigenvalue weighted by Gasteiger charge is 2.20. The zero-order valence-corrected chi connectivity index (χ0v) is 11.1. The summed E-state index contributed by atoms with van der Waals surface area (Å²) in [5.74, 6) is -0.783. The molecule has 2 aromatic rings. The van der Waals surface area contributed by atoms with E-state index in [0.717, 1.165) is 0 Å². The largest absolute Gasteiger partial charge is 0.481 e. The molecule has 1 N–H and O–H groups in total. The SMILES string of the molecule is Cc1ccnc(Oc2cccc(CC(=O)O)c2)c1[N+](=O)[O-]. The molecule has 0 unspecified atom stereocenters. The van der Waals surface area contributed by atoms with Gasteiger partial charge in [0.2, 0.25) is 0 Å². The lowest BCUT2D eigenvalue weighted by atomic mass is 10.1. The van der Waals surface area contributed by atoms with Gasteiger partial charge >= 0.3 is 11.7 Å². The number of carboxylic acids is 1. The highest BCUT2D eigenvalue weighted by molar-refractivity contribution is 5.70. The number of hydrogen-bond acceptors (Lipinski definition) is 5. The molecule has 0 aliphatic heterocycles. The van der Waals surface area contributed by atoms with Gasteiger partial charge in [0.1, 0.15) is 5.75 Å². The molecular formula is C14H12N2O5. The van der Waals surface area contributed by atoms with Crippen LogP contribution in [0.2, 0.25) is 0 Å². The first kappa shape index (κ1) is 14.4. The smallest absolute Gasteiger partial charge is 0.334 e. The van der Waals surface area contributed by atoms with Crippen LogP contribution in [0.4, 0.5) is 5.69 Å². The van der Waals surface area contributed by atoms with Crippen LogP contribution in [-0.4, -0.2) is 21.0 Å². The van der Waals surface area contributed by atoms with E-state index in [2.05, 4.69) is 4.98 Å². The maximum atomic E-state index is 11.1. The third-order valence-electron chi connectivity index (χ3n) is 2.74. The van der Waals surface area contributed by atoms with Crippen molar-refractivity contribution in [3.63, 3.8) is 0 Å². The minimum absolute atomic E-state index is 0.118. The molecule has 1 aromatic heterocycles. The third kappa shape index (κ3) is 3.53. The Morgan fingerprint density at radius 2 is 2.19 bits per heavy atom. The summed E-state index contributed by atoms with van der Waals surface area (Å²) in [5.41, 5.74) is 0.767. The number of aryl methyl sites for hydroxylation is 1. The number of aliphatic carboxylic acids is 1. The highest BCUT2D eigenvalue weighted by Crippen LogP contribution is 2.31. The molecule has 0 aliphatic carbocycles. The first-order valence-electron chi connectivity index (χ1n) is 6.06. The second-order valence-electron chi connectivity index (χ2n) is 4.36. The second kappa shape index (κ2) is 6.00. The number of ether oxygens (including phenoxy) is 1. The fraction of sp³-hybridized carbons (Fsp3) is 0.143. The van der Waals surface area contributed by atoms with Gasteiger partial charge in [0.05, 0.1) is 11.3 Å². The number of pyridine rings is 1. The summed E-state index contributed by atoms with van der Waals surface area (Å²) >= 11 is 0. The predicted octanol–water partition coefficient (Wildman–Crippen LogP) is 2.72. The lowest BCUT2D eigenvalue weighted by Crippen LogP contribution is -2.01. The molecule has 0 bridgehead atoms. The molecule has 0 fully saturated rings. The second-order valence-corrected chi connectivity index (χ2v) is 4.36. The Hall–Kier alpha value is -2.96. The first-order chi connectivity index (χ1) is 9.97. The van der Waals surface area contributed by atoms with Crippen molar-refractivity contribution in [1.29, 1.82) is 0 Å². The van der Waals surface area contributed by atoms with E-state index in [1.807, 2.05) is 0 Å². The van der Waals surface area contributed by atoms with Crippen LogP contribution in [0.3, 0.4) is 0 Å². The Kier molecular flexibility index (Phi) is 4.13. The van der Waals surface area contributed by atoms with Gasteiger partial charge in [-0.15, -0.1) is 0 Å². The Labute approximate surface area is 120 Å². The zero-order chi connectivity index (χ0) is 15.4. The summed E-state index contributed by atoms with van der Waals surface area (Å²) in [4.78, 5) is 25.0. The first-order valence-corrected chi connectivity index (χ1v) is 6.06. The van der Waals surface area contributed by atoms with Crippen LogP contribution in [0.15, 0.2) is 36.5 Å². The summed E-state index contributed by atoms with van der Waals surface area (Å²) in [5, 5.41) is 19.8. The minimum atomic E-state index is -0.966. The van der Waals surface area contributed by atoms with E-state index in [0.29, 0.717) is 16.9 Å². The van der Waals surface area contributed by atoms with Crippen LogP contribution < -0.4 is 4.74 Å². The van der Waals surface area contributed by atoms with E-state index in [1.54, 1.807) is 25.1 Å². The molecular weight excluding hydrogens is 276 g/mol. The number of carbonyl (C=O) groups is 1. The Morgan fingerprint density at radius 3 is 2.86 bits per heavy atom. The maximum Gasteiger partial charge on any atom is 0.334 e. The summed E-state index contributed by atoms with van der Waals surface area (Å²) in [6.45, 7) is 1.59. The molecule has 0 saturated carbocycles. The summed E-state index contributed by atoms with van der Waals surface area (Å²) in [7, 11) is 0. The molecule has 0 aliphatic rings. The molecule has 7 heteroatoms. The molecule has 21 heavy (non-hydrogen) atoms. The predicted molar refractivity (Wildman–Crippen MR) is 73.5 cm³/mol. The summed E-state index contributed by atoms with van der Waals surface area (Å²) in [6.07, 6.45) is 1.26. The molecule has 0 saturated heterocycles. The van der Waals surface area contributed by atoms with Crippen LogP contribution in [0.25, 0.3) is 0 Å². The third-order valence-corrected chi connectivity index (χ3v) is 2.74. The number of benzene rings is 1. The summed E-state index contributed by atoms with van der Waals surface area (Å²) < 4.78 is 5.43. The molecule has 0 atom stereocenters. The van der Waals surface area contributed by atoms with Gasteiger partial charge in [0.15, 0.2) is 0 Å². The number of nitro groups is 1. The van der Waals surface area contributed by atoms with E-state index < -0.39 is 10.9 Å². The van der Waals surface area contributed by atoms with Crippen LogP contribution in [0.1, 0.15) is 11.1 Å². The average molecular weight is 288 g/mol. The zero-order valence-electron chi connectivity index (χ0n) is 11.1. The van der Waals surface area contributed by atoms with Gasteiger partial charge in [-0.25, -0.2) is 4.98 Å². The fourth-order valence-electron chi connectivity index (χ4n) is 1.83. The lowest BCUT2D eigenvalue weighted by molar-refractivity contribution is -0.386. The van der Waals surface area contributed by atoms with Gasteiger partial charge in [-0.1, -0.05) is 12.1 Å². The Morgan fingerprint density at radius 1 is 1.43 bits per heavy atom. The highest BCUT2D eigenvalue weighted by atomic mass is 16.6. The Bertz CT molecular complexity index is 700. The van der Waals surface area contributed by atoms with Crippen molar-refractivity contribution in [3.8, 4) is 11.6 Å². The van der Waals surface area contributed by atoms with Crippen molar-refractivity contribution in [2.24, 2.45) is 0 Å². The van der Waals surface area contributed by atoms with Crippen LogP contribution >= 0.6 is 0 Å². The summed E-state index contributed by atoms with van der Waals surface area (Å²) in [6, 6.07) is 7.88. The van der Waals surface area contributed by atoms with Gasteiger partial charge in [0, 0.05) is 11.8 Å². The molecule has 0 spiro atoms. The van der Waals surface area contributed by atoms with Gasteiger partial charge in [-0.05, 0) is 30.7 Å². The topological polar surface area (TPSA) is 103 Å². The monoisotopic (exact) mass is 288 g/mol. The number of hydrogen-bond donors (Lipinski definition) is 1. The van der Waals surface area contributed by atoms with Crippen molar-refractivity contribution >= 4 is 11.7 Å². The Balaban J connectivity index is 2.32. The molecule has 1 heterocycles.